The van der Waals surface area contributed by atoms with Gasteiger partial charge in [0.2, 0.25) is 0 Å². The lowest BCUT2D eigenvalue weighted by molar-refractivity contribution is 0.0951. The lowest BCUT2D eigenvalue weighted by Crippen LogP contribution is -2.26. The second kappa shape index (κ2) is 8.42. The maximum absolute atomic E-state index is 12.5. The van der Waals surface area contributed by atoms with Gasteiger partial charge in [-0.25, -0.2) is 0 Å². The first-order valence-electron chi connectivity index (χ1n) is 9.28. The molecule has 0 spiro atoms. The quantitative estimate of drug-likeness (QED) is 0.376. The van der Waals surface area contributed by atoms with Gasteiger partial charge in [-0.3, -0.25) is 14.9 Å². The Bertz CT molecular complexity index is 1120. The fourth-order valence-electron chi connectivity index (χ4n) is 3.29. The topological polar surface area (TPSA) is 117 Å². The molecular formula is C21H21N5O2S. The number of fused-ring (bicyclic) bond motifs is 1. The first kappa shape index (κ1) is 19.1. The Hall–Kier alpha value is -3.23. The molecule has 7 nitrogen and oxygen atoms in total. The molecule has 1 unspecified atom stereocenters. The van der Waals surface area contributed by atoms with Crippen LogP contribution in [0.1, 0.15) is 33.2 Å². The van der Waals surface area contributed by atoms with E-state index in [1.807, 2.05) is 29.6 Å². The van der Waals surface area contributed by atoms with Crippen LogP contribution in [0.4, 0.5) is 0 Å². The summed E-state index contributed by atoms with van der Waals surface area (Å²) in [6.07, 6.45) is 4.67. The van der Waals surface area contributed by atoms with Crippen LogP contribution in [0.5, 0.6) is 5.75 Å². The number of pyridine rings is 1. The van der Waals surface area contributed by atoms with E-state index in [4.69, 9.17) is 5.73 Å². The van der Waals surface area contributed by atoms with E-state index in [0.717, 1.165) is 26.9 Å². The van der Waals surface area contributed by atoms with Crippen LogP contribution in [0.2, 0.25) is 0 Å². The molecule has 0 aliphatic carbocycles. The van der Waals surface area contributed by atoms with E-state index in [-0.39, 0.29) is 17.7 Å². The second-order valence-corrected chi connectivity index (χ2v) is 7.71. The zero-order chi connectivity index (χ0) is 20.2. The van der Waals surface area contributed by atoms with Gasteiger partial charge in [-0.05, 0) is 59.2 Å². The Morgan fingerprint density at radius 3 is 3.00 bits per heavy atom. The van der Waals surface area contributed by atoms with Crippen molar-refractivity contribution in [1.82, 2.24) is 20.5 Å². The van der Waals surface area contributed by atoms with Gasteiger partial charge in [-0.2, -0.15) is 5.10 Å². The summed E-state index contributed by atoms with van der Waals surface area (Å²) in [6.45, 7) is 0.428. The number of aromatic nitrogens is 3. The number of phenolic OH excluding ortho intramolecular Hbond substituents is 1. The van der Waals surface area contributed by atoms with E-state index in [0.29, 0.717) is 25.1 Å². The summed E-state index contributed by atoms with van der Waals surface area (Å²) in [5, 5.41) is 21.7. The molecule has 0 bridgehead atoms. The summed E-state index contributed by atoms with van der Waals surface area (Å²) in [7, 11) is 0. The molecule has 5 N–H and O–H groups in total. The third kappa shape index (κ3) is 4.28. The third-order valence-corrected chi connectivity index (χ3v) is 5.73. The molecular weight excluding hydrogens is 386 g/mol. The predicted octanol–water partition coefficient (Wildman–Crippen LogP) is 2.94. The van der Waals surface area contributed by atoms with Crippen LogP contribution in [-0.4, -0.2) is 32.7 Å². The number of nitrogens with one attached hydrogen (secondary N) is 2. The molecule has 1 atom stereocenters. The Kier molecular flexibility index (Phi) is 5.55. The van der Waals surface area contributed by atoms with Crippen LogP contribution in [0.25, 0.3) is 10.2 Å². The van der Waals surface area contributed by atoms with Gasteiger partial charge in [0.25, 0.3) is 5.91 Å². The van der Waals surface area contributed by atoms with Crippen LogP contribution in [0, 0.1) is 0 Å². The second-order valence-electron chi connectivity index (χ2n) is 6.79. The van der Waals surface area contributed by atoms with Crippen LogP contribution in [0.15, 0.2) is 54.2 Å². The van der Waals surface area contributed by atoms with Gasteiger partial charge in [-0.1, -0.05) is 12.1 Å². The van der Waals surface area contributed by atoms with E-state index >= 15 is 0 Å². The molecule has 29 heavy (non-hydrogen) atoms. The van der Waals surface area contributed by atoms with Crippen LogP contribution >= 0.6 is 11.3 Å². The molecule has 148 valence electrons. The Balaban J connectivity index is 1.42. The molecule has 8 heteroatoms. The molecule has 1 aromatic carbocycles. The SMILES string of the molecule is NC(Cc1ccc(O)cc1CCNC(=O)c1n[nH]c2ccsc12)c1cccnc1. The average molecular weight is 407 g/mol. The van der Waals surface area contributed by atoms with Crippen molar-refractivity contribution >= 4 is 27.5 Å². The molecule has 4 rings (SSSR count). The number of nitrogens with zero attached hydrogens (tertiary/aromatic N) is 2. The summed E-state index contributed by atoms with van der Waals surface area (Å²) in [6, 6.07) is 10.8. The molecule has 3 aromatic heterocycles. The van der Waals surface area contributed by atoms with Crippen molar-refractivity contribution in [3.05, 3.63) is 76.6 Å². The van der Waals surface area contributed by atoms with Crippen LogP contribution in [0.3, 0.4) is 0 Å². The molecule has 0 radical (unpaired) electrons. The number of nitrogens with two attached hydrogens (primary N) is 1. The Morgan fingerprint density at radius 2 is 2.17 bits per heavy atom. The first-order chi connectivity index (χ1) is 14.1. The van der Waals surface area contributed by atoms with E-state index < -0.39 is 0 Å². The van der Waals surface area contributed by atoms with Crippen LogP contribution < -0.4 is 11.1 Å². The normalized spacial score (nSPS) is 12.2. The maximum atomic E-state index is 12.5. The van der Waals surface area contributed by atoms with Crippen molar-refractivity contribution in [2.24, 2.45) is 5.73 Å². The summed E-state index contributed by atoms with van der Waals surface area (Å²) >= 11 is 1.48. The minimum absolute atomic E-state index is 0.192. The molecule has 0 aliphatic heterocycles. The first-order valence-corrected chi connectivity index (χ1v) is 10.2. The third-order valence-electron chi connectivity index (χ3n) is 4.81. The van der Waals surface area contributed by atoms with E-state index in [1.54, 1.807) is 24.5 Å². The zero-order valence-electron chi connectivity index (χ0n) is 15.6. The maximum Gasteiger partial charge on any atom is 0.273 e. The lowest BCUT2D eigenvalue weighted by atomic mass is 9.95. The number of hydrogen-bond acceptors (Lipinski definition) is 6. The summed E-state index contributed by atoms with van der Waals surface area (Å²) < 4.78 is 0.850. The highest BCUT2D eigenvalue weighted by Crippen LogP contribution is 2.23. The number of aromatic amines is 1. The van der Waals surface area contributed by atoms with Crippen molar-refractivity contribution in [2.45, 2.75) is 18.9 Å². The van der Waals surface area contributed by atoms with Gasteiger partial charge < -0.3 is 16.2 Å². The number of rotatable bonds is 7. The zero-order valence-corrected chi connectivity index (χ0v) is 16.4. The largest absolute Gasteiger partial charge is 0.508 e. The Labute approximate surface area is 171 Å². The molecule has 0 aliphatic rings. The van der Waals surface area contributed by atoms with E-state index in [2.05, 4.69) is 20.5 Å². The fraction of sp³-hybridized carbons (Fsp3) is 0.190. The number of H-pyrrole nitrogens is 1. The van der Waals surface area contributed by atoms with Gasteiger partial charge in [-0.15, -0.1) is 11.3 Å². The average Bonchev–Trinajstić information content (AvgIpc) is 3.34. The van der Waals surface area contributed by atoms with Gasteiger partial charge in [0, 0.05) is 25.0 Å². The number of thiophene rings is 1. The molecule has 0 saturated carbocycles. The monoisotopic (exact) mass is 407 g/mol. The molecule has 0 saturated heterocycles. The number of carbonyl (C=O) groups is 1. The summed E-state index contributed by atoms with van der Waals surface area (Å²) in [5.74, 6) is -0.0231. The van der Waals surface area contributed by atoms with Gasteiger partial charge in [0.05, 0.1) is 10.2 Å². The van der Waals surface area contributed by atoms with Gasteiger partial charge >= 0.3 is 0 Å². The molecule has 3 heterocycles. The van der Waals surface area contributed by atoms with E-state index in [1.165, 1.54) is 11.3 Å². The van der Waals surface area contributed by atoms with Crippen molar-refractivity contribution in [1.29, 1.82) is 0 Å². The van der Waals surface area contributed by atoms with E-state index in [9.17, 15) is 9.90 Å². The predicted molar refractivity (Wildman–Crippen MR) is 113 cm³/mol. The van der Waals surface area contributed by atoms with Crippen molar-refractivity contribution in [2.75, 3.05) is 6.54 Å². The summed E-state index contributed by atoms with van der Waals surface area (Å²) in [4.78, 5) is 16.6. The summed E-state index contributed by atoms with van der Waals surface area (Å²) in [5.41, 5.74) is 10.5. The number of carbonyl (C=O) groups excluding carboxylic acids is 1. The van der Waals surface area contributed by atoms with Crippen molar-refractivity contribution in [3.8, 4) is 5.75 Å². The van der Waals surface area contributed by atoms with Crippen molar-refractivity contribution < 1.29 is 9.90 Å². The van der Waals surface area contributed by atoms with Crippen molar-refractivity contribution in [3.63, 3.8) is 0 Å². The number of phenols is 1. The minimum atomic E-state index is -0.215. The van der Waals surface area contributed by atoms with Gasteiger partial charge in [0.15, 0.2) is 5.69 Å². The highest BCUT2D eigenvalue weighted by molar-refractivity contribution is 7.17. The number of aromatic hydroxyl groups is 1. The molecule has 0 fully saturated rings. The molecule has 1 amide bonds. The highest BCUT2D eigenvalue weighted by Gasteiger charge is 2.15. The smallest absolute Gasteiger partial charge is 0.273 e. The Morgan fingerprint density at radius 1 is 1.28 bits per heavy atom. The number of hydrogen-bond donors (Lipinski definition) is 4. The van der Waals surface area contributed by atoms with Gasteiger partial charge in [0.1, 0.15) is 5.75 Å². The van der Waals surface area contributed by atoms with Crippen LogP contribution in [-0.2, 0) is 12.8 Å². The highest BCUT2D eigenvalue weighted by atomic mass is 32.1. The lowest BCUT2D eigenvalue weighted by Gasteiger charge is -2.15. The molecule has 4 aromatic rings. The number of amides is 1. The minimum Gasteiger partial charge on any atom is -0.508 e. The standard InChI is InChI=1S/C21H21N5O2S/c22-17(15-2-1-7-23-12-15)11-13-3-4-16(27)10-14(13)5-8-24-21(28)19-20-18(25-26-19)6-9-29-20/h1-4,6-7,9-10,12,17,27H,5,8,11,22H2,(H,24,28)(H,25,26). The fourth-order valence-corrected chi connectivity index (χ4v) is 4.12. The number of benzene rings is 1.